The first-order valence-corrected chi connectivity index (χ1v) is 25.1. The fourth-order valence-electron chi connectivity index (χ4n) is 7.05. The highest BCUT2D eigenvalue weighted by Gasteiger charge is 2.24. The molecule has 0 heterocycles. The summed E-state index contributed by atoms with van der Waals surface area (Å²) >= 11 is 0. The number of amides is 1. The molecule has 6 heteroatoms. The van der Waals surface area contributed by atoms with E-state index in [1.165, 1.54) is 70.6 Å². The van der Waals surface area contributed by atoms with Crippen LogP contribution in [0, 0.1) is 0 Å². The Labute approximate surface area is 376 Å². The number of hydrogen-bond donors (Lipinski definition) is 3. The second-order valence-corrected chi connectivity index (χ2v) is 16.7. The monoisotopic (exact) mass is 848 g/mol. The Morgan fingerprint density at radius 3 is 1.43 bits per heavy atom. The number of ether oxygens (including phenoxy) is 1. The molecular formula is C55H93NO5. The van der Waals surface area contributed by atoms with Crippen LogP contribution in [-0.4, -0.2) is 46.9 Å². The van der Waals surface area contributed by atoms with Crippen molar-refractivity contribution in [1.29, 1.82) is 0 Å². The number of nitrogens with one attached hydrogen (secondary N) is 1. The molecule has 0 spiro atoms. The molecule has 0 saturated carbocycles. The van der Waals surface area contributed by atoms with Gasteiger partial charge in [0.25, 0.3) is 0 Å². The first-order chi connectivity index (χ1) is 30.0. The van der Waals surface area contributed by atoms with Crippen LogP contribution in [0.2, 0.25) is 0 Å². The lowest BCUT2D eigenvalue weighted by atomic mass is 10.0. The van der Waals surface area contributed by atoms with E-state index in [1.807, 2.05) is 36.5 Å². The Kier molecular flexibility index (Phi) is 45.3. The van der Waals surface area contributed by atoms with Crippen molar-refractivity contribution in [3.63, 3.8) is 0 Å². The summed E-state index contributed by atoms with van der Waals surface area (Å²) in [5, 5.41) is 23.7. The highest BCUT2D eigenvalue weighted by Crippen LogP contribution is 2.17. The van der Waals surface area contributed by atoms with Crippen molar-refractivity contribution in [2.24, 2.45) is 0 Å². The molecule has 0 fully saturated rings. The molecule has 0 aliphatic rings. The number of hydrogen-bond acceptors (Lipinski definition) is 5. The molecule has 0 aromatic heterocycles. The Balaban J connectivity index is 4.74. The van der Waals surface area contributed by atoms with Gasteiger partial charge in [0.05, 0.1) is 25.2 Å². The van der Waals surface area contributed by atoms with Crippen molar-refractivity contribution in [2.75, 3.05) is 6.61 Å². The van der Waals surface area contributed by atoms with Crippen LogP contribution in [0.5, 0.6) is 0 Å². The molecule has 0 saturated heterocycles. The Hall–Kier alpha value is -3.22. The number of rotatable bonds is 43. The van der Waals surface area contributed by atoms with Crippen molar-refractivity contribution in [2.45, 2.75) is 232 Å². The van der Waals surface area contributed by atoms with Gasteiger partial charge in [-0.05, 0) is 64.2 Å². The smallest absolute Gasteiger partial charge is 0.306 e. The van der Waals surface area contributed by atoms with E-state index in [2.05, 4.69) is 86.8 Å². The second-order valence-electron chi connectivity index (χ2n) is 16.7. The van der Waals surface area contributed by atoms with E-state index in [4.69, 9.17) is 4.74 Å². The summed E-state index contributed by atoms with van der Waals surface area (Å²) in [5.74, 6) is -0.548. The van der Waals surface area contributed by atoms with Crippen LogP contribution >= 0.6 is 0 Å². The zero-order chi connectivity index (χ0) is 44.5. The topological polar surface area (TPSA) is 95.9 Å². The minimum atomic E-state index is -0.808. The van der Waals surface area contributed by atoms with Crippen LogP contribution in [0.25, 0.3) is 0 Å². The maximum Gasteiger partial charge on any atom is 0.306 e. The molecule has 0 rings (SSSR count). The van der Waals surface area contributed by atoms with Gasteiger partial charge in [0.1, 0.15) is 6.10 Å². The molecule has 0 aliphatic carbocycles. The number of unbranched alkanes of at least 4 members (excludes halogenated alkanes) is 21. The number of carbonyl (C=O) groups excluding carboxylic acids is 2. The molecule has 3 atom stereocenters. The van der Waals surface area contributed by atoms with Gasteiger partial charge >= 0.3 is 5.97 Å². The minimum absolute atomic E-state index is 0.0354. The molecule has 3 unspecified atom stereocenters. The summed E-state index contributed by atoms with van der Waals surface area (Å²) in [5.41, 5.74) is 0. The molecule has 0 aliphatic heterocycles. The highest BCUT2D eigenvalue weighted by molar-refractivity contribution is 5.77. The van der Waals surface area contributed by atoms with Crippen LogP contribution in [0.3, 0.4) is 0 Å². The van der Waals surface area contributed by atoms with Gasteiger partial charge in [-0.15, -0.1) is 0 Å². The lowest BCUT2D eigenvalue weighted by Gasteiger charge is -2.24. The summed E-state index contributed by atoms with van der Waals surface area (Å²) in [4.78, 5) is 26.1. The predicted octanol–water partition coefficient (Wildman–Crippen LogP) is 14.9. The van der Waals surface area contributed by atoms with Crippen molar-refractivity contribution in [1.82, 2.24) is 5.32 Å². The Morgan fingerprint density at radius 2 is 0.918 bits per heavy atom. The fraction of sp³-hybridized carbons (Fsp3) is 0.673. The summed E-state index contributed by atoms with van der Waals surface area (Å²) in [6.45, 7) is 6.23. The van der Waals surface area contributed by atoms with Gasteiger partial charge in [-0.1, -0.05) is 234 Å². The maximum atomic E-state index is 13.2. The SMILES string of the molecule is CC/C=C/C=C/C=C\CCCCCCCC(=O)OC(CCCCC/C=C/C=C/C=C/C=C/C=C/CCC)CC(=O)NC(CO)C(O)CCCCCCCCCCCCCCC. The molecule has 0 aromatic rings. The molecule has 348 valence electrons. The summed E-state index contributed by atoms with van der Waals surface area (Å²) in [6.07, 6.45) is 63.1. The van der Waals surface area contributed by atoms with E-state index < -0.39 is 18.2 Å². The molecule has 0 aromatic carbocycles. The largest absolute Gasteiger partial charge is 0.462 e. The van der Waals surface area contributed by atoms with E-state index in [-0.39, 0.29) is 24.9 Å². The molecule has 0 radical (unpaired) electrons. The number of allylic oxidation sites excluding steroid dienone is 16. The second kappa shape index (κ2) is 47.8. The third-order valence-electron chi connectivity index (χ3n) is 10.8. The molecule has 1 amide bonds. The summed E-state index contributed by atoms with van der Waals surface area (Å²) in [7, 11) is 0. The highest BCUT2D eigenvalue weighted by atomic mass is 16.5. The zero-order valence-electron chi connectivity index (χ0n) is 39.5. The van der Waals surface area contributed by atoms with Crippen molar-refractivity contribution in [3.8, 4) is 0 Å². The van der Waals surface area contributed by atoms with Crippen LogP contribution in [0.15, 0.2) is 97.2 Å². The van der Waals surface area contributed by atoms with Gasteiger partial charge in [-0.3, -0.25) is 9.59 Å². The first-order valence-electron chi connectivity index (χ1n) is 25.1. The number of aliphatic hydroxyl groups is 2. The quantitative estimate of drug-likeness (QED) is 0.0323. The van der Waals surface area contributed by atoms with Crippen molar-refractivity contribution in [3.05, 3.63) is 97.2 Å². The van der Waals surface area contributed by atoms with E-state index in [1.54, 1.807) is 0 Å². The van der Waals surface area contributed by atoms with Gasteiger partial charge < -0.3 is 20.3 Å². The molecule has 3 N–H and O–H groups in total. The molecule has 6 nitrogen and oxygen atoms in total. The van der Waals surface area contributed by atoms with E-state index in [9.17, 15) is 19.8 Å². The van der Waals surface area contributed by atoms with Gasteiger partial charge in [0.2, 0.25) is 5.91 Å². The Bertz CT molecular complexity index is 1220. The lowest BCUT2D eigenvalue weighted by Crippen LogP contribution is -2.46. The van der Waals surface area contributed by atoms with Gasteiger partial charge in [0, 0.05) is 6.42 Å². The first kappa shape index (κ1) is 57.8. The number of aliphatic hydroxyl groups excluding tert-OH is 2. The van der Waals surface area contributed by atoms with Gasteiger partial charge in [-0.25, -0.2) is 0 Å². The number of carbonyl (C=O) groups is 2. The van der Waals surface area contributed by atoms with Crippen LogP contribution in [-0.2, 0) is 14.3 Å². The molecule has 61 heavy (non-hydrogen) atoms. The molecule has 0 bridgehead atoms. The third-order valence-corrected chi connectivity index (χ3v) is 10.8. The lowest BCUT2D eigenvalue weighted by molar-refractivity contribution is -0.151. The van der Waals surface area contributed by atoms with Gasteiger partial charge in [0.15, 0.2) is 0 Å². The van der Waals surface area contributed by atoms with Crippen molar-refractivity contribution < 1.29 is 24.5 Å². The summed E-state index contributed by atoms with van der Waals surface area (Å²) in [6, 6.07) is -0.725. The average molecular weight is 848 g/mol. The summed E-state index contributed by atoms with van der Waals surface area (Å²) < 4.78 is 5.90. The maximum absolute atomic E-state index is 13.2. The third kappa shape index (κ3) is 43.2. The van der Waals surface area contributed by atoms with E-state index in [0.29, 0.717) is 19.3 Å². The van der Waals surface area contributed by atoms with E-state index in [0.717, 1.165) is 96.3 Å². The van der Waals surface area contributed by atoms with E-state index >= 15 is 0 Å². The number of esters is 1. The zero-order valence-corrected chi connectivity index (χ0v) is 39.5. The standard InChI is InChI=1S/C55H93NO5/c1-4-7-10-13-16-19-22-25-26-27-30-31-34-37-40-43-46-51(61-55(60)48-45-42-39-36-33-29-24-21-18-15-12-9-6-3)49-54(59)56-52(50-57)53(58)47-44-41-38-35-32-28-23-20-17-14-11-8-5-2/h9-10,12-13,15-16,18-19,21-22,24-27,30-31,51-53,57-58H,4-8,11,14,17,20,23,28-29,32-50H2,1-3H3,(H,56,59)/b12-9+,13-10+,18-15+,19-16+,24-21-,25-22+,27-26+,31-30+. The van der Waals surface area contributed by atoms with Crippen molar-refractivity contribution >= 4 is 11.9 Å². The van der Waals surface area contributed by atoms with Crippen LogP contribution in [0.1, 0.15) is 213 Å². The van der Waals surface area contributed by atoms with Crippen LogP contribution in [0.4, 0.5) is 0 Å². The van der Waals surface area contributed by atoms with Gasteiger partial charge in [-0.2, -0.15) is 0 Å². The average Bonchev–Trinajstić information content (AvgIpc) is 3.25. The predicted molar refractivity (Wildman–Crippen MR) is 264 cm³/mol. The Morgan fingerprint density at radius 1 is 0.492 bits per heavy atom. The minimum Gasteiger partial charge on any atom is -0.462 e. The fourth-order valence-corrected chi connectivity index (χ4v) is 7.05. The molecular weight excluding hydrogens is 755 g/mol. The normalized spacial score (nSPS) is 14.1. The van der Waals surface area contributed by atoms with Crippen LogP contribution < -0.4 is 5.32 Å².